The minimum Gasteiger partial charge on any atom is -0.351 e. The molecule has 0 aliphatic carbocycles. The van der Waals surface area contributed by atoms with E-state index in [1.165, 1.54) is 0 Å². The first kappa shape index (κ1) is 13.3. The highest BCUT2D eigenvalue weighted by molar-refractivity contribution is 5.78. The second-order valence-corrected chi connectivity index (χ2v) is 4.47. The van der Waals surface area contributed by atoms with Crippen molar-refractivity contribution in [3.8, 4) is 0 Å². The molecule has 5 nitrogen and oxygen atoms in total. The zero-order valence-corrected chi connectivity index (χ0v) is 11.0. The summed E-state index contributed by atoms with van der Waals surface area (Å²) in [6.07, 6.45) is 10.1. The number of nitrogens with one attached hydrogen (secondary N) is 1. The van der Waals surface area contributed by atoms with Crippen LogP contribution in [0.15, 0.2) is 43.2 Å². The predicted molar refractivity (Wildman–Crippen MR) is 72.4 cm³/mol. The van der Waals surface area contributed by atoms with E-state index >= 15 is 0 Å². The molecule has 2 rings (SSSR count). The highest BCUT2D eigenvalue weighted by atomic mass is 16.1. The number of rotatable bonds is 6. The fraction of sp³-hybridized carbons (Fsp3) is 0.357. The summed E-state index contributed by atoms with van der Waals surface area (Å²) in [5.41, 5.74) is 0.928. The Morgan fingerprint density at radius 2 is 2.32 bits per heavy atom. The number of nitrogens with zero attached hydrogens (tertiary/aromatic N) is 3. The van der Waals surface area contributed by atoms with Crippen LogP contribution in [0.25, 0.3) is 0 Å². The van der Waals surface area contributed by atoms with Gasteiger partial charge in [0.1, 0.15) is 0 Å². The quantitative estimate of drug-likeness (QED) is 0.852. The number of amides is 1. The van der Waals surface area contributed by atoms with Gasteiger partial charge in [-0.1, -0.05) is 13.0 Å². The summed E-state index contributed by atoms with van der Waals surface area (Å²) in [6, 6.07) is 3.87. The largest absolute Gasteiger partial charge is 0.351 e. The number of carbonyl (C=O) groups is 1. The van der Waals surface area contributed by atoms with Crippen molar-refractivity contribution in [3.05, 3.63) is 48.8 Å². The van der Waals surface area contributed by atoms with Crippen molar-refractivity contribution >= 4 is 5.91 Å². The lowest BCUT2D eigenvalue weighted by Crippen LogP contribution is -2.38. The SMILES string of the molecule is CCC(Cn1ccnc1)NC(=O)Cc1cccnc1. The van der Waals surface area contributed by atoms with Crippen molar-refractivity contribution in [1.82, 2.24) is 19.9 Å². The number of hydrogen-bond donors (Lipinski definition) is 1. The molecule has 0 saturated heterocycles. The lowest BCUT2D eigenvalue weighted by atomic mass is 10.1. The molecule has 5 heteroatoms. The molecular formula is C14H18N4O. The Hall–Kier alpha value is -2.17. The molecule has 1 N–H and O–H groups in total. The second-order valence-electron chi connectivity index (χ2n) is 4.47. The Labute approximate surface area is 112 Å². The van der Waals surface area contributed by atoms with Crippen molar-refractivity contribution in [2.75, 3.05) is 0 Å². The monoisotopic (exact) mass is 258 g/mol. The van der Waals surface area contributed by atoms with Gasteiger partial charge < -0.3 is 9.88 Å². The van der Waals surface area contributed by atoms with Crippen LogP contribution in [-0.4, -0.2) is 26.5 Å². The van der Waals surface area contributed by atoms with Crippen LogP contribution in [0.3, 0.4) is 0 Å². The highest BCUT2D eigenvalue weighted by Crippen LogP contribution is 2.00. The van der Waals surface area contributed by atoms with Crippen LogP contribution in [0.5, 0.6) is 0 Å². The lowest BCUT2D eigenvalue weighted by Gasteiger charge is -2.17. The van der Waals surface area contributed by atoms with E-state index in [1.54, 1.807) is 24.9 Å². The number of aromatic nitrogens is 3. The highest BCUT2D eigenvalue weighted by Gasteiger charge is 2.11. The van der Waals surface area contributed by atoms with E-state index < -0.39 is 0 Å². The molecule has 0 bridgehead atoms. The first-order valence-electron chi connectivity index (χ1n) is 6.42. The molecular weight excluding hydrogens is 240 g/mol. The summed E-state index contributed by atoms with van der Waals surface area (Å²) >= 11 is 0. The average molecular weight is 258 g/mol. The zero-order valence-electron chi connectivity index (χ0n) is 11.0. The third-order valence-electron chi connectivity index (χ3n) is 2.94. The number of pyridine rings is 1. The third-order valence-corrected chi connectivity index (χ3v) is 2.94. The summed E-state index contributed by atoms with van der Waals surface area (Å²) in [4.78, 5) is 20.0. The van der Waals surface area contributed by atoms with Gasteiger partial charge in [0.05, 0.1) is 12.7 Å². The second kappa shape index (κ2) is 6.68. The molecule has 2 aromatic rings. The van der Waals surface area contributed by atoms with Crippen LogP contribution >= 0.6 is 0 Å². The molecule has 0 aromatic carbocycles. The molecule has 0 saturated carbocycles. The molecule has 0 radical (unpaired) electrons. The van der Waals surface area contributed by atoms with E-state index in [0.717, 1.165) is 18.5 Å². The fourth-order valence-electron chi connectivity index (χ4n) is 1.89. The number of hydrogen-bond acceptors (Lipinski definition) is 3. The first-order chi connectivity index (χ1) is 9.28. The molecule has 1 amide bonds. The Morgan fingerprint density at radius 1 is 1.42 bits per heavy atom. The van der Waals surface area contributed by atoms with Crippen molar-refractivity contribution < 1.29 is 4.79 Å². The van der Waals surface area contributed by atoms with Crippen molar-refractivity contribution in [2.24, 2.45) is 0 Å². The van der Waals surface area contributed by atoms with Gasteiger partial charge >= 0.3 is 0 Å². The normalized spacial score (nSPS) is 12.1. The van der Waals surface area contributed by atoms with Gasteiger partial charge in [-0.15, -0.1) is 0 Å². The molecule has 1 atom stereocenters. The third kappa shape index (κ3) is 4.21. The van der Waals surface area contributed by atoms with E-state index in [9.17, 15) is 4.79 Å². The molecule has 100 valence electrons. The number of carbonyl (C=O) groups excluding carboxylic acids is 1. The molecule has 0 fully saturated rings. The van der Waals surface area contributed by atoms with Crippen LogP contribution < -0.4 is 5.32 Å². The summed E-state index contributed by atoms with van der Waals surface area (Å²) in [6.45, 7) is 2.81. The van der Waals surface area contributed by atoms with Crippen LogP contribution in [0.1, 0.15) is 18.9 Å². The predicted octanol–water partition coefficient (Wildman–Crippen LogP) is 1.42. The number of imidazole rings is 1. The van der Waals surface area contributed by atoms with Gasteiger partial charge in [0, 0.05) is 37.4 Å². The molecule has 1 unspecified atom stereocenters. The molecule has 0 aliphatic rings. The van der Waals surface area contributed by atoms with Gasteiger partial charge in [0.25, 0.3) is 0 Å². The van der Waals surface area contributed by atoms with Gasteiger partial charge in [0.2, 0.25) is 5.91 Å². The summed E-state index contributed by atoms with van der Waals surface area (Å²) < 4.78 is 1.97. The fourth-order valence-corrected chi connectivity index (χ4v) is 1.89. The standard InChI is InChI=1S/C14H18N4O/c1-2-13(10-18-7-6-16-11-18)17-14(19)8-12-4-3-5-15-9-12/h3-7,9,11,13H,2,8,10H2,1H3,(H,17,19). The summed E-state index contributed by atoms with van der Waals surface area (Å²) in [5.74, 6) is 0.0277. The minimum atomic E-state index is 0.0277. The van der Waals surface area contributed by atoms with E-state index in [0.29, 0.717) is 6.42 Å². The van der Waals surface area contributed by atoms with Crippen LogP contribution in [0.2, 0.25) is 0 Å². The average Bonchev–Trinajstić information content (AvgIpc) is 2.92. The van der Waals surface area contributed by atoms with Gasteiger partial charge in [-0.3, -0.25) is 9.78 Å². The van der Waals surface area contributed by atoms with Crippen LogP contribution in [0, 0.1) is 0 Å². The lowest BCUT2D eigenvalue weighted by molar-refractivity contribution is -0.121. The van der Waals surface area contributed by atoms with Crippen molar-refractivity contribution in [1.29, 1.82) is 0 Å². The Balaban J connectivity index is 1.86. The first-order valence-corrected chi connectivity index (χ1v) is 6.42. The van der Waals surface area contributed by atoms with E-state index in [1.807, 2.05) is 22.9 Å². The van der Waals surface area contributed by atoms with Crippen LogP contribution in [-0.2, 0) is 17.8 Å². The maximum absolute atomic E-state index is 11.9. The van der Waals surface area contributed by atoms with Gasteiger partial charge in [-0.2, -0.15) is 0 Å². The molecule has 2 heterocycles. The topological polar surface area (TPSA) is 59.8 Å². The van der Waals surface area contributed by atoms with E-state index in [4.69, 9.17) is 0 Å². The minimum absolute atomic E-state index is 0.0277. The summed E-state index contributed by atoms with van der Waals surface area (Å²) in [5, 5.41) is 3.04. The van der Waals surface area contributed by atoms with Crippen molar-refractivity contribution in [2.45, 2.75) is 32.4 Å². The van der Waals surface area contributed by atoms with Gasteiger partial charge in [0.15, 0.2) is 0 Å². The van der Waals surface area contributed by atoms with Crippen LogP contribution in [0.4, 0.5) is 0 Å². The maximum Gasteiger partial charge on any atom is 0.224 e. The molecule has 2 aromatic heterocycles. The zero-order chi connectivity index (χ0) is 13.5. The Kier molecular flexibility index (Phi) is 4.66. The smallest absolute Gasteiger partial charge is 0.224 e. The molecule has 0 spiro atoms. The van der Waals surface area contributed by atoms with Gasteiger partial charge in [-0.05, 0) is 18.1 Å². The van der Waals surface area contributed by atoms with Gasteiger partial charge in [-0.25, -0.2) is 4.98 Å². The summed E-state index contributed by atoms with van der Waals surface area (Å²) in [7, 11) is 0. The maximum atomic E-state index is 11.9. The Bertz CT molecular complexity index is 495. The van der Waals surface area contributed by atoms with Crippen molar-refractivity contribution in [3.63, 3.8) is 0 Å². The molecule has 0 aliphatic heterocycles. The van der Waals surface area contributed by atoms with E-state index in [2.05, 4.69) is 22.2 Å². The van der Waals surface area contributed by atoms with E-state index in [-0.39, 0.29) is 11.9 Å². The molecule has 19 heavy (non-hydrogen) atoms. The Morgan fingerprint density at radius 3 is 2.95 bits per heavy atom.